The van der Waals surface area contributed by atoms with Crippen molar-refractivity contribution in [2.75, 3.05) is 11.9 Å². The summed E-state index contributed by atoms with van der Waals surface area (Å²) in [5.74, 6) is -1.54. The van der Waals surface area contributed by atoms with Gasteiger partial charge in [0.15, 0.2) is 0 Å². The molecule has 0 saturated carbocycles. The van der Waals surface area contributed by atoms with Gasteiger partial charge in [-0.25, -0.2) is 4.79 Å². The molecule has 98 valence electrons. The van der Waals surface area contributed by atoms with Crippen LogP contribution in [0.5, 0.6) is 0 Å². The third-order valence-electron chi connectivity index (χ3n) is 2.56. The van der Waals surface area contributed by atoms with Crippen LogP contribution in [0.2, 0.25) is 0 Å². The van der Waals surface area contributed by atoms with Crippen LogP contribution in [0, 0.1) is 0 Å². The molecule has 0 spiro atoms. The summed E-state index contributed by atoms with van der Waals surface area (Å²) < 4.78 is 4.84. The van der Waals surface area contributed by atoms with Gasteiger partial charge in [-0.3, -0.25) is 4.79 Å². The van der Waals surface area contributed by atoms with Crippen LogP contribution in [0.1, 0.15) is 32.3 Å². The minimum Gasteiger partial charge on any atom is -0.459 e. The molecule has 4 heteroatoms. The average Bonchev–Trinajstić information content (AvgIpc) is 2.39. The van der Waals surface area contributed by atoms with E-state index in [1.54, 1.807) is 6.07 Å². The lowest BCUT2D eigenvalue weighted by Crippen LogP contribution is -2.25. The summed E-state index contributed by atoms with van der Waals surface area (Å²) in [6, 6.07) is 7.40. The smallest absolute Gasteiger partial charge is 0.397 e. The normalized spacial score (nSPS) is 9.89. The molecule has 0 bridgehead atoms. The van der Waals surface area contributed by atoms with E-state index in [0.29, 0.717) is 5.69 Å². The molecule has 1 N–H and O–H groups in total. The molecule has 0 heterocycles. The van der Waals surface area contributed by atoms with Crippen molar-refractivity contribution in [3.8, 4) is 0 Å². The van der Waals surface area contributed by atoms with Gasteiger partial charge in [0.25, 0.3) is 0 Å². The maximum absolute atomic E-state index is 11.6. The summed E-state index contributed by atoms with van der Waals surface area (Å²) in [5.41, 5.74) is 1.66. The second-order valence-electron chi connectivity index (χ2n) is 3.95. The highest BCUT2D eigenvalue weighted by molar-refractivity contribution is 6.37. The van der Waals surface area contributed by atoms with Crippen molar-refractivity contribution in [1.29, 1.82) is 0 Å². The van der Waals surface area contributed by atoms with Crippen molar-refractivity contribution >= 4 is 17.6 Å². The lowest BCUT2D eigenvalue weighted by atomic mass is 10.1. The number of rotatable bonds is 5. The van der Waals surface area contributed by atoms with E-state index in [-0.39, 0.29) is 6.61 Å². The number of amides is 1. The largest absolute Gasteiger partial charge is 0.459 e. The molecule has 0 aromatic heterocycles. The van der Waals surface area contributed by atoms with Gasteiger partial charge in [0.1, 0.15) is 0 Å². The van der Waals surface area contributed by atoms with Gasteiger partial charge in [0.2, 0.25) is 0 Å². The molecule has 18 heavy (non-hydrogen) atoms. The maximum atomic E-state index is 11.6. The molecule has 0 aliphatic carbocycles. The monoisotopic (exact) mass is 249 g/mol. The summed E-state index contributed by atoms with van der Waals surface area (Å²) in [6.45, 7) is 4.27. The first-order valence-electron chi connectivity index (χ1n) is 6.25. The Balaban J connectivity index is 2.55. The molecule has 1 aromatic carbocycles. The fourth-order valence-corrected chi connectivity index (χ4v) is 1.50. The van der Waals surface area contributed by atoms with E-state index >= 15 is 0 Å². The Morgan fingerprint density at radius 3 is 2.61 bits per heavy atom. The quantitative estimate of drug-likeness (QED) is 0.495. The molecule has 0 fully saturated rings. The van der Waals surface area contributed by atoms with Crippen LogP contribution in [0.15, 0.2) is 24.3 Å². The molecule has 0 aliphatic heterocycles. The predicted molar refractivity (Wildman–Crippen MR) is 70.3 cm³/mol. The number of hydrogen-bond acceptors (Lipinski definition) is 3. The number of para-hydroxylation sites is 1. The van der Waals surface area contributed by atoms with Crippen molar-refractivity contribution in [3.63, 3.8) is 0 Å². The Bertz CT molecular complexity index is 415. The molecule has 1 rings (SSSR count). The predicted octanol–water partition coefficient (Wildman–Crippen LogP) is 2.53. The number of nitrogens with one attached hydrogen (secondary N) is 1. The Hall–Kier alpha value is -1.84. The zero-order valence-electron chi connectivity index (χ0n) is 10.9. The van der Waals surface area contributed by atoms with E-state index in [4.69, 9.17) is 4.74 Å². The summed E-state index contributed by atoms with van der Waals surface area (Å²) in [4.78, 5) is 23.0. The first-order valence-corrected chi connectivity index (χ1v) is 6.25. The average molecular weight is 249 g/mol. The summed E-state index contributed by atoms with van der Waals surface area (Å²) in [7, 11) is 0. The Labute approximate surface area is 107 Å². The number of carbonyl (C=O) groups excluding carboxylic acids is 2. The molecule has 0 radical (unpaired) electrons. The van der Waals surface area contributed by atoms with E-state index in [1.165, 1.54) is 0 Å². The Morgan fingerprint density at radius 2 is 1.94 bits per heavy atom. The van der Waals surface area contributed by atoms with Gasteiger partial charge >= 0.3 is 11.9 Å². The van der Waals surface area contributed by atoms with Gasteiger partial charge in [0.05, 0.1) is 6.61 Å². The van der Waals surface area contributed by atoms with Crippen molar-refractivity contribution < 1.29 is 14.3 Å². The molecule has 0 saturated heterocycles. The summed E-state index contributed by atoms with van der Waals surface area (Å²) in [5, 5.41) is 2.57. The highest BCUT2D eigenvalue weighted by Gasteiger charge is 2.16. The fourth-order valence-electron chi connectivity index (χ4n) is 1.50. The number of hydrogen-bond donors (Lipinski definition) is 1. The van der Waals surface area contributed by atoms with E-state index < -0.39 is 11.9 Å². The van der Waals surface area contributed by atoms with Gasteiger partial charge < -0.3 is 10.1 Å². The standard InChI is InChI=1S/C14H19NO3/c1-3-5-10-18-14(17)13(16)15-12-9-7-6-8-11(12)4-2/h6-9H,3-5,10H2,1-2H3,(H,15,16). The van der Waals surface area contributed by atoms with Crippen LogP contribution >= 0.6 is 0 Å². The lowest BCUT2D eigenvalue weighted by Gasteiger charge is -2.09. The summed E-state index contributed by atoms with van der Waals surface area (Å²) >= 11 is 0. The van der Waals surface area contributed by atoms with Gasteiger partial charge in [0, 0.05) is 5.69 Å². The molecule has 1 aromatic rings. The molecule has 0 atom stereocenters. The zero-order chi connectivity index (χ0) is 13.4. The molecule has 0 aliphatic rings. The van der Waals surface area contributed by atoms with Crippen LogP contribution in [-0.2, 0) is 20.7 Å². The van der Waals surface area contributed by atoms with Crippen molar-refractivity contribution in [1.82, 2.24) is 0 Å². The van der Waals surface area contributed by atoms with E-state index in [2.05, 4.69) is 5.32 Å². The molecule has 0 unspecified atom stereocenters. The molecular formula is C14H19NO3. The highest BCUT2D eigenvalue weighted by Crippen LogP contribution is 2.15. The van der Waals surface area contributed by atoms with E-state index in [0.717, 1.165) is 24.8 Å². The number of aryl methyl sites for hydroxylation is 1. The minimum atomic E-state index is -0.825. The van der Waals surface area contributed by atoms with E-state index in [1.807, 2.05) is 32.0 Å². The van der Waals surface area contributed by atoms with Crippen molar-refractivity contribution in [2.24, 2.45) is 0 Å². The maximum Gasteiger partial charge on any atom is 0.397 e. The van der Waals surface area contributed by atoms with Crippen LogP contribution in [0.4, 0.5) is 5.69 Å². The van der Waals surface area contributed by atoms with Crippen LogP contribution in [-0.4, -0.2) is 18.5 Å². The SMILES string of the molecule is CCCCOC(=O)C(=O)Nc1ccccc1CC. The number of anilines is 1. The van der Waals surface area contributed by atoms with Gasteiger partial charge in [-0.05, 0) is 24.5 Å². The fraction of sp³-hybridized carbons (Fsp3) is 0.429. The summed E-state index contributed by atoms with van der Waals surface area (Å²) in [6.07, 6.45) is 2.49. The van der Waals surface area contributed by atoms with Gasteiger partial charge in [-0.1, -0.05) is 38.5 Å². The van der Waals surface area contributed by atoms with Crippen LogP contribution in [0.3, 0.4) is 0 Å². The minimum absolute atomic E-state index is 0.290. The third-order valence-corrected chi connectivity index (χ3v) is 2.56. The van der Waals surface area contributed by atoms with Gasteiger partial charge in [-0.2, -0.15) is 0 Å². The first-order chi connectivity index (χ1) is 8.69. The van der Waals surface area contributed by atoms with Crippen LogP contribution < -0.4 is 5.32 Å². The molecular weight excluding hydrogens is 230 g/mol. The molecule has 4 nitrogen and oxygen atoms in total. The zero-order valence-corrected chi connectivity index (χ0v) is 10.9. The lowest BCUT2D eigenvalue weighted by molar-refractivity contribution is -0.152. The Kier molecular flexibility index (Phi) is 5.91. The number of benzene rings is 1. The van der Waals surface area contributed by atoms with Crippen molar-refractivity contribution in [2.45, 2.75) is 33.1 Å². The topological polar surface area (TPSA) is 55.4 Å². The number of carbonyl (C=O) groups is 2. The second kappa shape index (κ2) is 7.48. The van der Waals surface area contributed by atoms with E-state index in [9.17, 15) is 9.59 Å². The molecule has 1 amide bonds. The van der Waals surface area contributed by atoms with Gasteiger partial charge in [-0.15, -0.1) is 0 Å². The third kappa shape index (κ3) is 4.20. The first kappa shape index (κ1) is 14.2. The van der Waals surface area contributed by atoms with Crippen LogP contribution in [0.25, 0.3) is 0 Å². The Morgan fingerprint density at radius 1 is 1.22 bits per heavy atom. The number of esters is 1. The number of ether oxygens (including phenoxy) is 1. The second-order valence-corrected chi connectivity index (χ2v) is 3.95. The highest BCUT2D eigenvalue weighted by atomic mass is 16.5. The number of unbranched alkanes of at least 4 members (excludes halogenated alkanes) is 1. The van der Waals surface area contributed by atoms with Crippen molar-refractivity contribution in [3.05, 3.63) is 29.8 Å².